The van der Waals surface area contributed by atoms with Gasteiger partial charge in [-0.05, 0) is 37.1 Å². The van der Waals surface area contributed by atoms with Crippen molar-refractivity contribution in [3.63, 3.8) is 0 Å². The third-order valence-electron chi connectivity index (χ3n) is 3.62. The molecule has 0 aliphatic carbocycles. The van der Waals surface area contributed by atoms with Gasteiger partial charge < -0.3 is 14.8 Å². The largest absolute Gasteiger partial charge is 0.484 e. The van der Waals surface area contributed by atoms with Crippen molar-refractivity contribution in [2.45, 2.75) is 18.9 Å². The zero-order chi connectivity index (χ0) is 16.9. The number of ether oxygens (including phenoxy) is 2. The minimum Gasteiger partial charge on any atom is -0.484 e. The Labute approximate surface area is 136 Å². The fourth-order valence-corrected chi connectivity index (χ4v) is 2.68. The molecule has 1 fully saturated rings. The van der Waals surface area contributed by atoms with Crippen molar-refractivity contribution in [2.75, 3.05) is 37.4 Å². The van der Waals surface area contributed by atoms with Gasteiger partial charge in [-0.15, -0.1) is 0 Å². The molecule has 1 aliphatic rings. The number of anilines is 1. The van der Waals surface area contributed by atoms with Crippen LogP contribution in [0.25, 0.3) is 0 Å². The molecule has 1 saturated heterocycles. The Kier molecular flexibility index (Phi) is 5.84. The number of nitrogens with zero attached hydrogens (tertiary/aromatic N) is 1. The first-order valence-corrected chi connectivity index (χ1v) is 9.26. The van der Waals surface area contributed by atoms with Crippen LogP contribution in [-0.2, 0) is 19.6 Å². The molecule has 1 aromatic carbocycles. The van der Waals surface area contributed by atoms with E-state index >= 15 is 0 Å². The highest BCUT2D eigenvalue weighted by atomic mass is 32.2. The third-order valence-corrected chi connectivity index (χ3v) is 4.82. The molecule has 1 heterocycles. The number of carbonyl (C=O) groups excluding carboxylic acids is 1. The van der Waals surface area contributed by atoms with Crippen molar-refractivity contribution in [1.82, 2.24) is 5.32 Å². The molecule has 0 spiro atoms. The summed E-state index contributed by atoms with van der Waals surface area (Å²) in [6.45, 7) is 1.17. The van der Waals surface area contributed by atoms with Gasteiger partial charge in [0.2, 0.25) is 10.0 Å². The van der Waals surface area contributed by atoms with Gasteiger partial charge >= 0.3 is 0 Å². The number of benzene rings is 1. The molecule has 0 aromatic heterocycles. The quantitative estimate of drug-likeness (QED) is 0.791. The molecule has 1 N–H and O–H groups in total. The van der Waals surface area contributed by atoms with Crippen LogP contribution in [-0.4, -0.2) is 53.5 Å². The van der Waals surface area contributed by atoms with Crippen molar-refractivity contribution >= 4 is 21.6 Å². The maximum absolute atomic E-state index is 11.7. The van der Waals surface area contributed by atoms with Crippen LogP contribution >= 0.6 is 0 Å². The first-order chi connectivity index (χ1) is 10.9. The van der Waals surface area contributed by atoms with Gasteiger partial charge in [-0.25, -0.2) is 8.42 Å². The lowest BCUT2D eigenvalue weighted by Gasteiger charge is -2.17. The highest BCUT2D eigenvalue weighted by molar-refractivity contribution is 7.92. The van der Waals surface area contributed by atoms with E-state index < -0.39 is 10.0 Å². The fourth-order valence-electron chi connectivity index (χ4n) is 2.18. The van der Waals surface area contributed by atoms with E-state index in [4.69, 9.17) is 9.47 Å². The van der Waals surface area contributed by atoms with Crippen LogP contribution in [0.2, 0.25) is 0 Å². The van der Waals surface area contributed by atoms with E-state index in [2.05, 4.69) is 5.32 Å². The number of carbonyl (C=O) groups is 1. The average Bonchev–Trinajstić information content (AvgIpc) is 3.03. The van der Waals surface area contributed by atoms with Gasteiger partial charge in [0.15, 0.2) is 6.61 Å². The number of hydrogen-bond acceptors (Lipinski definition) is 5. The number of amides is 1. The maximum atomic E-state index is 11.7. The topological polar surface area (TPSA) is 84.9 Å². The number of hydrogen-bond donors (Lipinski definition) is 1. The molecule has 7 nitrogen and oxygen atoms in total. The summed E-state index contributed by atoms with van der Waals surface area (Å²) in [7, 11) is -1.82. The van der Waals surface area contributed by atoms with Crippen LogP contribution in [0.5, 0.6) is 5.75 Å². The summed E-state index contributed by atoms with van der Waals surface area (Å²) < 4.78 is 34.9. The first kappa shape index (κ1) is 17.6. The summed E-state index contributed by atoms with van der Waals surface area (Å²) in [4.78, 5) is 11.7. The SMILES string of the molecule is CN(c1ccc(OCC(=O)NC[C@@H]2CCCO2)cc1)S(C)(=O)=O. The lowest BCUT2D eigenvalue weighted by Crippen LogP contribution is -2.35. The summed E-state index contributed by atoms with van der Waals surface area (Å²) in [6.07, 6.45) is 3.24. The molecule has 0 radical (unpaired) electrons. The molecule has 0 bridgehead atoms. The molecular formula is C15H22N2O5S. The Hall–Kier alpha value is -1.80. The van der Waals surface area contributed by atoms with Gasteiger partial charge in [0.1, 0.15) is 5.75 Å². The van der Waals surface area contributed by atoms with Gasteiger partial charge in [-0.3, -0.25) is 9.10 Å². The molecule has 23 heavy (non-hydrogen) atoms. The van der Waals surface area contributed by atoms with Crippen LogP contribution in [0.3, 0.4) is 0 Å². The Morgan fingerprint density at radius 1 is 1.39 bits per heavy atom. The fraction of sp³-hybridized carbons (Fsp3) is 0.533. The molecule has 2 rings (SSSR count). The van der Waals surface area contributed by atoms with Crippen molar-refractivity contribution in [2.24, 2.45) is 0 Å². The van der Waals surface area contributed by atoms with Crippen LogP contribution in [0.1, 0.15) is 12.8 Å². The monoisotopic (exact) mass is 342 g/mol. The highest BCUT2D eigenvalue weighted by Gasteiger charge is 2.16. The van der Waals surface area contributed by atoms with E-state index in [1.807, 2.05) is 0 Å². The maximum Gasteiger partial charge on any atom is 0.258 e. The zero-order valence-corrected chi connectivity index (χ0v) is 14.1. The van der Waals surface area contributed by atoms with E-state index in [1.165, 1.54) is 11.4 Å². The van der Waals surface area contributed by atoms with Gasteiger partial charge in [0.25, 0.3) is 5.91 Å². The Morgan fingerprint density at radius 3 is 2.65 bits per heavy atom. The number of rotatable bonds is 7. The second-order valence-electron chi connectivity index (χ2n) is 5.45. The van der Waals surface area contributed by atoms with E-state index in [0.717, 1.165) is 25.7 Å². The minimum atomic E-state index is -3.29. The second kappa shape index (κ2) is 7.65. The van der Waals surface area contributed by atoms with Crippen molar-refractivity contribution in [3.05, 3.63) is 24.3 Å². The van der Waals surface area contributed by atoms with E-state index in [1.54, 1.807) is 24.3 Å². The highest BCUT2D eigenvalue weighted by Crippen LogP contribution is 2.20. The van der Waals surface area contributed by atoms with Crippen molar-refractivity contribution in [1.29, 1.82) is 0 Å². The van der Waals surface area contributed by atoms with Gasteiger partial charge in [-0.2, -0.15) is 0 Å². The summed E-state index contributed by atoms with van der Waals surface area (Å²) in [5, 5.41) is 2.77. The molecule has 0 saturated carbocycles. The van der Waals surface area contributed by atoms with Gasteiger partial charge in [0, 0.05) is 20.2 Å². The van der Waals surface area contributed by atoms with Crippen LogP contribution in [0.4, 0.5) is 5.69 Å². The Balaban J connectivity index is 1.78. The van der Waals surface area contributed by atoms with Crippen LogP contribution in [0, 0.1) is 0 Å². The first-order valence-electron chi connectivity index (χ1n) is 7.41. The lowest BCUT2D eigenvalue weighted by molar-refractivity contribution is -0.123. The summed E-state index contributed by atoms with van der Waals surface area (Å²) in [6, 6.07) is 6.51. The predicted octanol–water partition coefficient (Wildman–Crippen LogP) is 0.756. The van der Waals surface area contributed by atoms with Gasteiger partial charge in [-0.1, -0.05) is 0 Å². The standard InChI is InChI=1S/C15H22N2O5S/c1-17(23(2,19)20)12-5-7-13(8-6-12)22-11-15(18)16-10-14-4-3-9-21-14/h5-8,14H,3-4,9-11H2,1-2H3,(H,16,18)/t14-/m0/s1. The Bertz CT molecular complexity index is 624. The molecule has 1 amide bonds. The molecule has 128 valence electrons. The van der Waals surface area contributed by atoms with E-state index in [-0.39, 0.29) is 18.6 Å². The van der Waals surface area contributed by atoms with E-state index in [0.29, 0.717) is 18.0 Å². The van der Waals surface area contributed by atoms with Crippen LogP contribution < -0.4 is 14.4 Å². The predicted molar refractivity (Wildman–Crippen MR) is 87.2 cm³/mol. The smallest absolute Gasteiger partial charge is 0.258 e. The summed E-state index contributed by atoms with van der Waals surface area (Å²) in [5.41, 5.74) is 0.530. The molecule has 1 atom stereocenters. The number of nitrogens with one attached hydrogen (secondary N) is 1. The van der Waals surface area contributed by atoms with Crippen molar-refractivity contribution < 1.29 is 22.7 Å². The van der Waals surface area contributed by atoms with E-state index in [9.17, 15) is 13.2 Å². The number of sulfonamides is 1. The van der Waals surface area contributed by atoms with Crippen LogP contribution in [0.15, 0.2) is 24.3 Å². The Morgan fingerprint density at radius 2 is 2.09 bits per heavy atom. The lowest BCUT2D eigenvalue weighted by atomic mass is 10.2. The van der Waals surface area contributed by atoms with Crippen molar-refractivity contribution in [3.8, 4) is 5.75 Å². The molecular weight excluding hydrogens is 320 g/mol. The molecule has 1 aliphatic heterocycles. The zero-order valence-electron chi connectivity index (χ0n) is 13.3. The summed E-state index contributed by atoms with van der Waals surface area (Å²) in [5.74, 6) is 0.292. The summed E-state index contributed by atoms with van der Waals surface area (Å²) >= 11 is 0. The third kappa shape index (κ3) is 5.40. The molecule has 8 heteroatoms. The normalized spacial score (nSPS) is 17.7. The minimum absolute atomic E-state index is 0.0893. The second-order valence-corrected chi connectivity index (χ2v) is 7.47. The average molecular weight is 342 g/mol. The van der Waals surface area contributed by atoms with Gasteiger partial charge in [0.05, 0.1) is 18.0 Å². The molecule has 0 unspecified atom stereocenters. The molecule has 1 aromatic rings.